The average Bonchev–Trinajstić information content (AvgIpc) is 3.03. The van der Waals surface area contributed by atoms with E-state index in [1.165, 1.54) is 7.11 Å². The van der Waals surface area contributed by atoms with Crippen molar-refractivity contribution in [2.45, 2.75) is 19.8 Å². The molecule has 0 radical (unpaired) electrons. The van der Waals surface area contributed by atoms with Crippen molar-refractivity contribution in [1.29, 1.82) is 0 Å². The maximum atomic E-state index is 12.6. The third kappa shape index (κ3) is 4.11. The predicted molar refractivity (Wildman–Crippen MR) is 104 cm³/mol. The molecule has 0 spiro atoms. The van der Waals surface area contributed by atoms with E-state index in [-0.39, 0.29) is 12.3 Å². The van der Waals surface area contributed by atoms with Crippen LogP contribution in [-0.4, -0.2) is 30.3 Å². The Hall–Kier alpha value is -3.28. The van der Waals surface area contributed by atoms with Crippen molar-refractivity contribution in [2.24, 2.45) is 0 Å². The van der Waals surface area contributed by atoms with Crippen molar-refractivity contribution in [3.8, 4) is 0 Å². The zero-order valence-corrected chi connectivity index (χ0v) is 15.4. The van der Waals surface area contributed by atoms with Crippen LogP contribution in [0.4, 0.5) is 5.69 Å². The van der Waals surface area contributed by atoms with Crippen LogP contribution in [0, 0.1) is 0 Å². The molecule has 140 valence electrons. The number of hydrogen-bond acceptors (Lipinski definition) is 4. The van der Waals surface area contributed by atoms with E-state index in [9.17, 15) is 9.59 Å². The molecule has 27 heavy (non-hydrogen) atoms. The van der Waals surface area contributed by atoms with Crippen molar-refractivity contribution in [1.82, 2.24) is 4.73 Å². The van der Waals surface area contributed by atoms with Gasteiger partial charge in [0.2, 0.25) is 5.91 Å². The quantitative estimate of drug-likeness (QED) is 0.650. The molecule has 6 heteroatoms. The van der Waals surface area contributed by atoms with Gasteiger partial charge in [0.15, 0.2) is 0 Å². The molecule has 0 aliphatic carbocycles. The zero-order chi connectivity index (χ0) is 19.2. The fourth-order valence-electron chi connectivity index (χ4n) is 2.90. The minimum Gasteiger partial charge on any atom is -0.465 e. The van der Waals surface area contributed by atoms with Gasteiger partial charge in [-0.2, -0.15) is 4.73 Å². The molecule has 0 aliphatic heterocycles. The van der Waals surface area contributed by atoms with E-state index in [0.717, 1.165) is 22.9 Å². The van der Waals surface area contributed by atoms with Gasteiger partial charge in [0.05, 0.1) is 30.3 Å². The van der Waals surface area contributed by atoms with Crippen molar-refractivity contribution < 1.29 is 19.2 Å². The molecule has 1 aromatic heterocycles. The lowest BCUT2D eigenvalue weighted by Gasteiger charge is -2.09. The van der Waals surface area contributed by atoms with Gasteiger partial charge in [-0.25, -0.2) is 4.79 Å². The van der Waals surface area contributed by atoms with Crippen molar-refractivity contribution >= 4 is 28.5 Å². The Morgan fingerprint density at radius 1 is 1.07 bits per heavy atom. The van der Waals surface area contributed by atoms with Crippen LogP contribution in [0.1, 0.15) is 29.3 Å². The molecule has 2 aromatic carbocycles. The van der Waals surface area contributed by atoms with Crippen molar-refractivity contribution in [2.75, 3.05) is 19.0 Å². The van der Waals surface area contributed by atoms with Gasteiger partial charge < -0.3 is 14.9 Å². The number of fused-ring (bicyclic) bond motifs is 1. The van der Waals surface area contributed by atoms with Gasteiger partial charge >= 0.3 is 5.97 Å². The highest BCUT2D eigenvalue weighted by atomic mass is 16.7. The van der Waals surface area contributed by atoms with Gasteiger partial charge in [-0.3, -0.25) is 4.79 Å². The molecular formula is C21H22N2O4. The Labute approximate surface area is 157 Å². The minimum absolute atomic E-state index is 0.165. The summed E-state index contributed by atoms with van der Waals surface area (Å²) in [5.74, 6) is -0.708. The van der Waals surface area contributed by atoms with E-state index < -0.39 is 5.97 Å². The molecule has 1 amide bonds. The number of anilines is 1. The number of nitrogens with zero attached hydrogens (tertiary/aromatic N) is 1. The number of carbonyl (C=O) groups is 2. The minimum atomic E-state index is -0.490. The number of rotatable bonds is 7. The van der Waals surface area contributed by atoms with Gasteiger partial charge in [0.1, 0.15) is 6.61 Å². The number of nitrogens with one attached hydrogen (secondary N) is 1. The average molecular weight is 366 g/mol. The van der Waals surface area contributed by atoms with Gasteiger partial charge in [0.25, 0.3) is 0 Å². The highest BCUT2D eigenvalue weighted by molar-refractivity contribution is 6.02. The number of amides is 1. The number of carbonyl (C=O) groups excluding carboxylic acids is 2. The number of para-hydroxylation sites is 2. The van der Waals surface area contributed by atoms with E-state index in [2.05, 4.69) is 5.32 Å². The Morgan fingerprint density at radius 2 is 1.81 bits per heavy atom. The number of aromatic nitrogens is 1. The van der Waals surface area contributed by atoms with Crippen LogP contribution in [0.5, 0.6) is 0 Å². The molecule has 0 unspecified atom stereocenters. The van der Waals surface area contributed by atoms with Crippen molar-refractivity contribution in [3.63, 3.8) is 0 Å². The Balaban J connectivity index is 1.82. The number of ether oxygens (including phenoxy) is 1. The maximum Gasteiger partial charge on any atom is 0.339 e. The molecule has 6 nitrogen and oxygen atoms in total. The summed E-state index contributed by atoms with van der Waals surface area (Å²) in [6, 6.07) is 14.6. The second-order valence-corrected chi connectivity index (χ2v) is 6.09. The SMILES string of the molecule is CCCOn1cc(CC(=O)Nc2ccccc2C(=O)OC)c2ccccc21. The lowest BCUT2D eigenvalue weighted by molar-refractivity contribution is -0.115. The van der Waals surface area contributed by atoms with Gasteiger partial charge in [-0.1, -0.05) is 37.3 Å². The first-order chi connectivity index (χ1) is 13.1. The second kappa shape index (κ2) is 8.40. The predicted octanol–water partition coefficient (Wildman–Crippen LogP) is 3.45. The third-order valence-electron chi connectivity index (χ3n) is 4.15. The molecule has 0 saturated heterocycles. The van der Waals surface area contributed by atoms with Crippen LogP contribution in [0.25, 0.3) is 10.9 Å². The lowest BCUT2D eigenvalue weighted by atomic mass is 10.1. The number of benzene rings is 2. The molecule has 0 atom stereocenters. The van der Waals surface area contributed by atoms with Gasteiger partial charge in [-0.15, -0.1) is 0 Å². The molecule has 1 heterocycles. The third-order valence-corrected chi connectivity index (χ3v) is 4.15. The molecule has 0 saturated carbocycles. The Kier molecular flexibility index (Phi) is 5.76. The summed E-state index contributed by atoms with van der Waals surface area (Å²) in [6.07, 6.45) is 2.90. The summed E-state index contributed by atoms with van der Waals surface area (Å²) in [6.45, 7) is 2.63. The van der Waals surface area contributed by atoms with Gasteiger partial charge in [0, 0.05) is 11.6 Å². The molecule has 1 N–H and O–H groups in total. The van der Waals surface area contributed by atoms with Crippen LogP contribution in [0.15, 0.2) is 54.7 Å². The Bertz CT molecular complexity index is 962. The summed E-state index contributed by atoms with van der Waals surface area (Å²) < 4.78 is 6.48. The maximum absolute atomic E-state index is 12.6. The first-order valence-electron chi connectivity index (χ1n) is 8.83. The molecule has 3 rings (SSSR count). The molecule has 3 aromatic rings. The highest BCUT2D eigenvalue weighted by Crippen LogP contribution is 2.22. The number of methoxy groups -OCH3 is 1. The molecule has 0 bridgehead atoms. The van der Waals surface area contributed by atoms with Crippen LogP contribution in [-0.2, 0) is 16.0 Å². The van der Waals surface area contributed by atoms with Crippen molar-refractivity contribution in [3.05, 3.63) is 65.9 Å². The van der Waals surface area contributed by atoms with E-state index in [1.807, 2.05) is 37.4 Å². The first-order valence-corrected chi connectivity index (χ1v) is 8.83. The number of hydrogen-bond donors (Lipinski definition) is 1. The van der Waals surface area contributed by atoms with Crippen LogP contribution in [0.3, 0.4) is 0 Å². The first kappa shape index (κ1) is 18.5. The smallest absolute Gasteiger partial charge is 0.339 e. The summed E-state index contributed by atoms with van der Waals surface area (Å²) >= 11 is 0. The summed E-state index contributed by atoms with van der Waals surface area (Å²) in [5, 5.41) is 3.76. The fraction of sp³-hybridized carbons (Fsp3) is 0.238. The van der Waals surface area contributed by atoms with E-state index >= 15 is 0 Å². The van der Waals surface area contributed by atoms with Gasteiger partial charge in [-0.05, 0) is 30.2 Å². The molecular weight excluding hydrogens is 344 g/mol. The highest BCUT2D eigenvalue weighted by Gasteiger charge is 2.16. The lowest BCUT2D eigenvalue weighted by Crippen LogP contribution is -2.17. The second-order valence-electron chi connectivity index (χ2n) is 6.09. The largest absolute Gasteiger partial charge is 0.465 e. The topological polar surface area (TPSA) is 69.6 Å². The monoisotopic (exact) mass is 366 g/mol. The summed E-state index contributed by atoms with van der Waals surface area (Å²) in [5.41, 5.74) is 2.53. The van der Waals surface area contributed by atoms with Crippen LogP contribution in [0.2, 0.25) is 0 Å². The summed E-state index contributed by atoms with van der Waals surface area (Å²) in [7, 11) is 1.31. The van der Waals surface area contributed by atoms with E-state index in [0.29, 0.717) is 17.9 Å². The fourth-order valence-corrected chi connectivity index (χ4v) is 2.90. The summed E-state index contributed by atoms with van der Waals surface area (Å²) in [4.78, 5) is 30.2. The van der Waals surface area contributed by atoms with Crippen LogP contribution < -0.4 is 10.2 Å². The standard InChI is InChI=1S/C21H22N2O4/c1-3-12-27-23-14-15(16-8-5-7-11-19(16)23)13-20(24)22-18-10-6-4-9-17(18)21(25)26-2/h4-11,14H,3,12-13H2,1-2H3,(H,22,24). The van der Waals surface area contributed by atoms with E-state index in [4.69, 9.17) is 9.57 Å². The molecule has 0 fully saturated rings. The van der Waals surface area contributed by atoms with Crippen LogP contribution >= 0.6 is 0 Å². The molecule has 0 aliphatic rings. The van der Waals surface area contributed by atoms with E-state index in [1.54, 1.807) is 29.0 Å². The normalized spacial score (nSPS) is 10.6. The number of esters is 1. The zero-order valence-electron chi connectivity index (χ0n) is 15.4. The Morgan fingerprint density at radius 3 is 2.59 bits per heavy atom.